The lowest BCUT2D eigenvalue weighted by molar-refractivity contribution is -0.147. The van der Waals surface area contributed by atoms with Gasteiger partial charge in [-0.1, -0.05) is 18.1 Å². The first-order valence-corrected chi connectivity index (χ1v) is 9.51. The molecule has 0 aliphatic carbocycles. The molecule has 7 nitrogen and oxygen atoms in total. The Hall–Kier alpha value is -3.38. The number of amides is 1. The summed E-state index contributed by atoms with van der Waals surface area (Å²) in [6, 6.07) is 10.5. The molecule has 0 bridgehead atoms. The van der Waals surface area contributed by atoms with Crippen molar-refractivity contribution in [2.45, 2.75) is 11.3 Å². The number of carbonyl (C=O) groups excluding carboxylic acids is 2. The highest BCUT2D eigenvalue weighted by Crippen LogP contribution is 2.17. The van der Waals surface area contributed by atoms with Gasteiger partial charge in [0.1, 0.15) is 5.82 Å². The van der Waals surface area contributed by atoms with E-state index < -0.39 is 34.3 Å². The molecule has 0 spiro atoms. The van der Waals surface area contributed by atoms with Gasteiger partial charge in [-0.2, -0.15) is 0 Å². The van der Waals surface area contributed by atoms with Crippen molar-refractivity contribution in [2.24, 2.45) is 0 Å². The highest BCUT2D eigenvalue weighted by Gasteiger charge is 2.14. The van der Waals surface area contributed by atoms with Gasteiger partial charge >= 0.3 is 5.97 Å². The van der Waals surface area contributed by atoms with Crippen LogP contribution in [0.25, 0.3) is 0 Å². The second-order valence-electron chi connectivity index (χ2n) is 5.57. The molecule has 0 saturated carbocycles. The Kier molecular flexibility index (Phi) is 7.12. The van der Waals surface area contributed by atoms with Crippen LogP contribution in [0.3, 0.4) is 0 Å². The molecule has 0 aliphatic heterocycles. The molecule has 9 heteroatoms. The number of carbonyl (C=O) groups is 2. The number of ether oxygens (including phenoxy) is 1. The van der Waals surface area contributed by atoms with E-state index in [4.69, 9.17) is 11.2 Å². The molecule has 0 aromatic heterocycles. The van der Waals surface area contributed by atoms with E-state index in [9.17, 15) is 22.4 Å². The molecule has 2 aromatic rings. The van der Waals surface area contributed by atoms with Crippen LogP contribution in [-0.4, -0.2) is 33.4 Å². The highest BCUT2D eigenvalue weighted by atomic mass is 32.2. The third kappa shape index (κ3) is 6.41. The zero-order valence-electron chi connectivity index (χ0n) is 14.6. The van der Waals surface area contributed by atoms with Gasteiger partial charge in [0.25, 0.3) is 15.9 Å². The van der Waals surface area contributed by atoms with Gasteiger partial charge in [-0.25, -0.2) is 12.8 Å². The molecule has 1 amide bonds. The summed E-state index contributed by atoms with van der Waals surface area (Å²) >= 11 is 0. The van der Waals surface area contributed by atoms with Crippen LogP contribution in [0.5, 0.6) is 0 Å². The standard InChI is InChI=1S/C19H17FN2O5S/c1-2-11-21-18(23)13-27-19(24)12-14-3-7-16(8-4-14)22-28(25,26)17-9-5-15(20)6-10-17/h1,3-10,22H,11-13H2,(H,21,23). The second kappa shape index (κ2) is 9.53. The highest BCUT2D eigenvalue weighted by molar-refractivity contribution is 7.92. The van der Waals surface area contributed by atoms with Crippen molar-refractivity contribution in [3.8, 4) is 12.3 Å². The zero-order chi connectivity index (χ0) is 20.6. The SMILES string of the molecule is C#CCNC(=O)COC(=O)Cc1ccc(NS(=O)(=O)c2ccc(F)cc2)cc1. The van der Waals surface area contributed by atoms with Crippen LogP contribution in [0.15, 0.2) is 53.4 Å². The lowest BCUT2D eigenvalue weighted by Crippen LogP contribution is -2.29. The van der Waals surface area contributed by atoms with Crippen molar-refractivity contribution in [3.63, 3.8) is 0 Å². The van der Waals surface area contributed by atoms with Crippen LogP contribution in [-0.2, 0) is 30.8 Å². The minimum Gasteiger partial charge on any atom is -0.455 e. The number of sulfonamides is 1. The maximum atomic E-state index is 12.9. The molecule has 2 aromatic carbocycles. The molecular weight excluding hydrogens is 387 g/mol. The molecule has 0 saturated heterocycles. The van der Waals surface area contributed by atoms with Crippen molar-refractivity contribution >= 4 is 27.6 Å². The zero-order valence-corrected chi connectivity index (χ0v) is 15.5. The lowest BCUT2D eigenvalue weighted by Gasteiger charge is -2.09. The molecule has 0 atom stereocenters. The predicted molar refractivity (Wildman–Crippen MR) is 100 cm³/mol. The van der Waals surface area contributed by atoms with Crippen LogP contribution in [0.4, 0.5) is 10.1 Å². The Balaban J connectivity index is 1.91. The average molecular weight is 404 g/mol. The summed E-state index contributed by atoms with van der Waals surface area (Å²) in [5.41, 5.74) is 0.842. The Morgan fingerprint density at radius 2 is 1.71 bits per heavy atom. The number of halogens is 1. The summed E-state index contributed by atoms with van der Waals surface area (Å²) in [4.78, 5) is 23.0. The Labute approximate surface area is 162 Å². The molecule has 28 heavy (non-hydrogen) atoms. The molecular formula is C19H17FN2O5S. The van der Waals surface area contributed by atoms with Gasteiger partial charge in [0.05, 0.1) is 17.9 Å². The van der Waals surface area contributed by atoms with E-state index in [2.05, 4.69) is 16.0 Å². The molecule has 0 unspecified atom stereocenters. The third-order valence-electron chi connectivity index (χ3n) is 3.43. The normalized spacial score (nSPS) is 10.6. The van der Waals surface area contributed by atoms with E-state index in [1.807, 2.05) is 0 Å². The number of benzene rings is 2. The molecule has 2 rings (SSSR count). The number of hydrogen-bond acceptors (Lipinski definition) is 5. The van der Waals surface area contributed by atoms with Crippen molar-refractivity contribution in [3.05, 3.63) is 59.9 Å². The number of terminal acetylenes is 1. The third-order valence-corrected chi connectivity index (χ3v) is 4.83. The number of hydrogen-bond donors (Lipinski definition) is 2. The molecule has 2 N–H and O–H groups in total. The fourth-order valence-corrected chi connectivity index (χ4v) is 3.14. The quantitative estimate of drug-likeness (QED) is 0.512. The number of anilines is 1. The largest absolute Gasteiger partial charge is 0.455 e. The van der Waals surface area contributed by atoms with Gasteiger partial charge in [0.2, 0.25) is 0 Å². The summed E-state index contributed by atoms with van der Waals surface area (Å²) in [7, 11) is -3.86. The maximum absolute atomic E-state index is 12.9. The first kappa shape index (κ1) is 20.9. The van der Waals surface area contributed by atoms with E-state index in [1.165, 1.54) is 12.1 Å². The van der Waals surface area contributed by atoms with Gasteiger partial charge in [-0.15, -0.1) is 6.42 Å². The number of esters is 1. The van der Waals surface area contributed by atoms with Gasteiger partial charge in [-0.3, -0.25) is 14.3 Å². The molecule has 0 fully saturated rings. The monoisotopic (exact) mass is 404 g/mol. The van der Waals surface area contributed by atoms with Crippen molar-refractivity contribution in [1.29, 1.82) is 0 Å². The van der Waals surface area contributed by atoms with Crippen molar-refractivity contribution in [2.75, 3.05) is 17.9 Å². The average Bonchev–Trinajstić information content (AvgIpc) is 2.66. The van der Waals surface area contributed by atoms with Crippen LogP contribution in [0.2, 0.25) is 0 Å². The molecule has 0 radical (unpaired) electrons. The Morgan fingerprint density at radius 1 is 1.07 bits per heavy atom. The van der Waals surface area contributed by atoms with Crippen LogP contribution in [0, 0.1) is 18.2 Å². The van der Waals surface area contributed by atoms with Crippen LogP contribution in [0.1, 0.15) is 5.56 Å². The predicted octanol–water partition coefficient (Wildman–Crippen LogP) is 1.46. The van der Waals surface area contributed by atoms with Crippen molar-refractivity contribution in [1.82, 2.24) is 5.32 Å². The Bertz CT molecular complexity index is 980. The second-order valence-corrected chi connectivity index (χ2v) is 7.26. The summed E-state index contributed by atoms with van der Waals surface area (Å²) in [5.74, 6) is 0.566. The van der Waals surface area contributed by atoms with Crippen molar-refractivity contribution < 1.29 is 27.1 Å². The topological polar surface area (TPSA) is 102 Å². The first-order chi connectivity index (χ1) is 13.3. The van der Waals surface area contributed by atoms with Gasteiger partial charge < -0.3 is 10.1 Å². The fraction of sp³-hybridized carbons (Fsp3) is 0.158. The Morgan fingerprint density at radius 3 is 2.32 bits per heavy atom. The van der Waals surface area contributed by atoms with E-state index >= 15 is 0 Å². The number of rotatable bonds is 8. The van der Waals surface area contributed by atoms with Gasteiger partial charge in [0.15, 0.2) is 6.61 Å². The van der Waals surface area contributed by atoms with Crippen LogP contribution < -0.4 is 10.0 Å². The van der Waals surface area contributed by atoms with E-state index in [1.54, 1.807) is 12.1 Å². The minimum atomic E-state index is -3.86. The summed E-state index contributed by atoms with van der Waals surface area (Å²) in [5, 5.41) is 2.36. The fourth-order valence-electron chi connectivity index (χ4n) is 2.08. The summed E-state index contributed by atoms with van der Waals surface area (Å²) in [6.07, 6.45) is 4.90. The molecule has 0 heterocycles. The number of nitrogens with one attached hydrogen (secondary N) is 2. The van der Waals surface area contributed by atoms with E-state index in [0.29, 0.717) is 5.56 Å². The van der Waals surface area contributed by atoms with Gasteiger partial charge in [-0.05, 0) is 42.0 Å². The first-order valence-electron chi connectivity index (χ1n) is 8.03. The van der Waals surface area contributed by atoms with E-state index in [-0.39, 0.29) is 23.5 Å². The summed E-state index contributed by atoms with van der Waals surface area (Å²) in [6.45, 7) is -0.387. The van der Waals surface area contributed by atoms with Crippen LogP contribution >= 0.6 is 0 Å². The van der Waals surface area contributed by atoms with E-state index in [0.717, 1.165) is 24.3 Å². The molecule has 146 valence electrons. The lowest BCUT2D eigenvalue weighted by atomic mass is 10.1. The molecule has 0 aliphatic rings. The smallest absolute Gasteiger partial charge is 0.310 e. The summed E-state index contributed by atoms with van der Waals surface area (Å²) < 4.78 is 44.6. The van der Waals surface area contributed by atoms with Gasteiger partial charge in [0, 0.05) is 5.69 Å². The maximum Gasteiger partial charge on any atom is 0.310 e. The minimum absolute atomic E-state index is 0.0473.